The molecule has 1 fully saturated rings. The van der Waals surface area contributed by atoms with Gasteiger partial charge in [-0.1, -0.05) is 12.1 Å². The number of hydrogen-bond donors (Lipinski definition) is 1. The van der Waals surface area contributed by atoms with Gasteiger partial charge in [0.25, 0.3) is 0 Å². The lowest BCUT2D eigenvalue weighted by atomic mass is 9.86. The molecule has 102 valence electrons. The standard InChI is InChI=1S/C14H18N2O3/c1-16(7-14(8-17)9-18-10-14)6-13-15-11-4-2-3-5-12(11)19-13/h2-5,17H,6-10H2,1H3. The SMILES string of the molecule is CN(Cc1nc2ccccc2o1)CC1(CO)COC1. The number of ether oxygens (including phenoxy) is 1. The molecule has 1 N–H and O–H groups in total. The zero-order valence-electron chi connectivity index (χ0n) is 11.0. The number of fused-ring (bicyclic) bond motifs is 1. The van der Waals surface area contributed by atoms with Crippen LogP contribution in [0.4, 0.5) is 0 Å². The van der Waals surface area contributed by atoms with Gasteiger partial charge in [-0.05, 0) is 19.2 Å². The largest absolute Gasteiger partial charge is 0.439 e. The summed E-state index contributed by atoms with van der Waals surface area (Å²) in [7, 11) is 2.00. The Morgan fingerprint density at radius 3 is 2.79 bits per heavy atom. The maximum atomic E-state index is 9.42. The molecule has 1 aromatic heterocycles. The summed E-state index contributed by atoms with van der Waals surface area (Å²) in [6.07, 6.45) is 0. The number of aliphatic hydroxyl groups is 1. The van der Waals surface area contributed by atoms with Crippen LogP contribution in [0, 0.1) is 5.41 Å². The van der Waals surface area contributed by atoms with Gasteiger partial charge >= 0.3 is 0 Å². The van der Waals surface area contributed by atoms with Crippen molar-refractivity contribution in [3.05, 3.63) is 30.2 Å². The first-order chi connectivity index (χ1) is 9.21. The van der Waals surface area contributed by atoms with Crippen LogP contribution in [0.25, 0.3) is 11.1 Å². The van der Waals surface area contributed by atoms with E-state index in [4.69, 9.17) is 9.15 Å². The first-order valence-corrected chi connectivity index (χ1v) is 6.42. The molecule has 2 aromatic rings. The maximum absolute atomic E-state index is 9.42. The van der Waals surface area contributed by atoms with E-state index in [0.29, 0.717) is 25.6 Å². The molecule has 0 unspecified atom stereocenters. The first kappa shape index (κ1) is 12.6. The molecular formula is C14H18N2O3. The summed E-state index contributed by atoms with van der Waals surface area (Å²) in [5.41, 5.74) is 1.59. The normalized spacial score (nSPS) is 17.8. The number of hydrogen-bond acceptors (Lipinski definition) is 5. The number of nitrogens with zero attached hydrogens (tertiary/aromatic N) is 2. The van der Waals surface area contributed by atoms with Gasteiger partial charge in [0.2, 0.25) is 5.89 Å². The van der Waals surface area contributed by atoms with Crippen LogP contribution < -0.4 is 0 Å². The molecule has 1 aliphatic rings. The molecule has 0 saturated carbocycles. The Morgan fingerprint density at radius 2 is 2.16 bits per heavy atom. The fourth-order valence-corrected chi connectivity index (χ4v) is 2.47. The number of aromatic nitrogens is 1. The molecule has 1 aromatic carbocycles. The number of para-hydroxylation sites is 2. The van der Waals surface area contributed by atoms with Crippen LogP contribution in [-0.2, 0) is 11.3 Å². The van der Waals surface area contributed by atoms with Gasteiger partial charge in [-0.3, -0.25) is 4.90 Å². The topological polar surface area (TPSA) is 58.7 Å². The predicted octanol–water partition coefficient (Wildman–Crippen LogP) is 1.27. The summed E-state index contributed by atoms with van der Waals surface area (Å²) < 4.78 is 10.9. The van der Waals surface area contributed by atoms with Gasteiger partial charge in [-0.2, -0.15) is 0 Å². The second kappa shape index (κ2) is 4.92. The molecule has 19 heavy (non-hydrogen) atoms. The third kappa shape index (κ3) is 2.49. The Morgan fingerprint density at radius 1 is 1.37 bits per heavy atom. The molecular weight excluding hydrogens is 244 g/mol. The van der Waals surface area contributed by atoms with E-state index in [1.165, 1.54) is 0 Å². The van der Waals surface area contributed by atoms with E-state index in [-0.39, 0.29) is 12.0 Å². The average molecular weight is 262 g/mol. The van der Waals surface area contributed by atoms with Gasteiger partial charge in [0.05, 0.1) is 31.8 Å². The molecule has 0 amide bonds. The second-order valence-electron chi connectivity index (χ2n) is 5.40. The third-order valence-corrected chi connectivity index (χ3v) is 3.50. The second-order valence-corrected chi connectivity index (χ2v) is 5.40. The van der Waals surface area contributed by atoms with Crippen molar-refractivity contribution in [2.24, 2.45) is 5.41 Å². The van der Waals surface area contributed by atoms with Gasteiger partial charge in [-0.15, -0.1) is 0 Å². The minimum absolute atomic E-state index is 0.110. The van der Waals surface area contributed by atoms with Crippen LogP contribution >= 0.6 is 0 Å². The summed E-state index contributed by atoms with van der Waals surface area (Å²) in [6, 6.07) is 7.75. The van der Waals surface area contributed by atoms with Gasteiger partial charge < -0.3 is 14.3 Å². The summed E-state index contributed by atoms with van der Waals surface area (Å²) in [5.74, 6) is 0.706. The average Bonchev–Trinajstić information content (AvgIpc) is 2.75. The van der Waals surface area contributed by atoms with Crippen molar-refractivity contribution in [1.82, 2.24) is 9.88 Å². The molecule has 0 radical (unpaired) electrons. The van der Waals surface area contributed by atoms with Gasteiger partial charge in [-0.25, -0.2) is 4.98 Å². The number of aliphatic hydroxyl groups excluding tert-OH is 1. The Bertz CT molecular complexity index is 524. The Balaban J connectivity index is 1.67. The Labute approximate surface area is 111 Å². The molecule has 2 heterocycles. The first-order valence-electron chi connectivity index (χ1n) is 6.42. The summed E-state index contributed by atoms with van der Waals surface area (Å²) in [5, 5.41) is 9.42. The van der Waals surface area contributed by atoms with Crippen molar-refractivity contribution in [1.29, 1.82) is 0 Å². The van der Waals surface area contributed by atoms with Crippen LogP contribution in [0.3, 0.4) is 0 Å². The smallest absolute Gasteiger partial charge is 0.209 e. The predicted molar refractivity (Wildman–Crippen MR) is 70.7 cm³/mol. The van der Waals surface area contributed by atoms with Crippen LogP contribution in [0.2, 0.25) is 0 Å². The van der Waals surface area contributed by atoms with E-state index in [9.17, 15) is 5.11 Å². The molecule has 0 aliphatic carbocycles. The van der Waals surface area contributed by atoms with Crippen molar-refractivity contribution in [2.75, 3.05) is 33.4 Å². The number of oxazole rings is 1. The van der Waals surface area contributed by atoms with Crippen LogP contribution in [0.1, 0.15) is 5.89 Å². The molecule has 1 saturated heterocycles. The zero-order valence-corrected chi connectivity index (χ0v) is 11.0. The van der Waals surface area contributed by atoms with E-state index < -0.39 is 0 Å². The lowest BCUT2D eigenvalue weighted by Crippen LogP contribution is -2.52. The highest BCUT2D eigenvalue weighted by Crippen LogP contribution is 2.28. The van der Waals surface area contributed by atoms with Crippen molar-refractivity contribution in [3.63, 3.8) is 0 Å². The Kier molecular flexibility index (Phi) is 3.26. The summed E-state index contributed by atoms with van der Waals surface area (Å²) in [4.78, 5) is 6.56. The molecule has 5 heteroatoms. The van der Waals surface area contributed by atoms with Gasteiger partial charge in [0, 0.05) is 6.54 Å². The fourth-order valence-electron chi connectivity index (χ4n) is 2.47. The Hall–Kier alpha value is -1.43. The monoisotopic (exact) mass is 262 g/mol. The van der Waals surface area contributed by atoms with Crippen LogP contribution in [0.5, 0.6) is 0 Å². The quantitative estimate of drug-likeness (QED) is 0.879. The molecule has 0 spiro atoms. The lowest BCUT2D eigenvalue weighted by molar-refractivity contribution is -0.147. The summed E-state index contributed by atoms with van der Waals surface area (Å²) in [6.45, 7) is 2.83. The molecule has 1 aliphatic heterocycles. The van der Waals surface area contributed by atoms with Gasteiger partial charge in [0.15, 0.2) is 5.58 Å². The number of rotatable bonds is 5. The molecule has 0 atom stereocenters. The number of benzene rings is 1. The zero-order chi connectivity index (χ0) is 13.3. The van der Waals surface area contributed by atoms with Crippen molar-refractivity contribution in [3.8, 4) is 0 Å². The highest BCUT2D eigenvalue weighted by molar-refractivity contribution is 5.72. The van der Waals surface area contributed by atoms with Gasteiger partial charge in [0.1, 0.15) is 5.52 Å². The van der Waals surface area contributed by atoms with Crippen molar-refractivity contribution >= 4 is 11.1 Å². The summed E-state index contributed by atoms with van der Waals surface area (Å²) >= 11 is 0. The molecule has 3 rings (SSSR count). The van der Waals surface area contributed by atoms with E-state index in [2.05, 4.69) is 9.88 Å². The van der Waals surface area contributed by atoms with E-state index >= 15 is 0 Å². The van der Waals surface area contributed by atoms with E-state index in [1.54, 1.807) is 0 Å². The minimum atomic E-state index is -0.110. The van der Waals surface area contributed by atoms with E-state index in [1.807, 2.05) is 31.3 Å². The minimum Gasteiger partial charge on any atom is -0.439 e. The third-order valence-electron chi connectivity index (χ3n) is 3.50. The van der Waals surface area contributed by atoms with Crippen molar-refractivity contribution in [2.45, 2.75) is 6.54 Å². The molecule has 0 bridgehead atoms. The maximum Gasteiger partial charge on any atom is 0.209 e. The highest BCUT2D eigenvalue weighted by atomic mass is 16.5. The highest BCUT2D eigenvalue weighted by Gasteiger charge is 2.39. The van der Waals surface area contributed by atoms with Crippen LogP contribution in [-0.4, -0.2) is 48.4 Å². The van der Waals surface area contributed by atoms with E-state index in [0.717, 1.165) is 17.6 Å². The fraction of sp³-hybridized carbons (Fsp3) is 0.500. The van der Waals surface area contributed by atoms with Crippen molar-refractivity contribution < 1.29 is 14.3 Å². The molecule has 5 nitrogen and oxygen atoms in total. The van der Waals surface area contributed by atoms with Crippen LogP contribution in [0.15, 0.2) is 28.7 Å². The lowest BCUT2D eigenvalue weighted by Gasteiger charge is -2.42.